The lowest BCUT2D eigenvalue weighted by Crippen LogP contribution is -2.31. The minimum Gasteiger partial charge on any atom is -0.480 e. The third-order valence-electron chi connectivity index (χ3n) is 2.64. The predicted octanol–water partition coefficient (Wildman–Crippen LogP) is 1.39. The largest absolute Gasteiger partial charge is 0.480 e. The van der Waals surface area contributed by atoms with Crippen molar-refractivity contribution < 1.29 is 14.7 Å². The third-order valence-corrected chi connectivity index (χ3v) is 2.64. The average Bonchev–Trinajstić information content (AvgIpc) is 2.27. The molecule has 0 fully saturated rings. The number of amides is 1. The van der Waals surface area contributed by atoms with Gasteiger partial charge in [-0.2, -0.15) is 0 Å². The Morgan fingerprint density at radius 3 is 2.50 bits per heavy atom. The van der Waals surface area contributed by atoms with Gasteiger partial charge < -0.3 is 15.7 Å². The summed E-state index contributed by atoms with van der Waals surface area (Å²) in [5.41, 5.74) is 7.31. The van der Waals surface area contributed by atoms with Crippen molar-refractivity contribution in [1.29, 1.82) is 0 Å². The Bertz CT molecular complexity index is 458. The lowest BCUT2D eigenvalue weighted by molar-refractivity contribution is -0.135. The molecule has 1 rings (SSSR count). The molecule has 5 nitrogen and oxygen atoms in total. The van der Waals surface area contributed by atoms with Gasteiger partial charge in [0.1, 0.15) is 6.54 Å². The highest BCUT2D eigenvalue weighted by Gasteiger charge is 2.13. The van der Waals surface area contributed by atoms with Crippen molar-refractivity contribution in [3.05, 3.63) is 29.3 Å². The van der Waals surface area contributed by atoms with Crippen molar-refractivity contribution in [3.63, 3.8) is 0 Å². The molecule has 5 heteroatoms. The van der Waals surface area contributed by atoms with Gasteiger partial charge in [0, 0.05) is 17.8 Å². The zero-order valence-corrected chi connectivity index (χ0v) is 10.6. The summed E-state index contributed by atoms with van der Waals surface area (Å²) in [4.78, 5) is 23.7. The van der Waals surface area contributed by atoms with Gasteiger partial charge in [-0.05, 0) is 37.1 Å². The SMILES string of the molecule is CCCN(CC(=O)O)c1ccc(C(N)=O)cc1C. The molecule has 0 aliphatic carbocycles. The van der Waals surface area contributed by atoms with Crippen LogP contribution in [0.2, 0.25) is 0 Å². The summed E-state index contributed by atoms with van der Waals surface area (Å²) < 4.78 is 0. The number of nitrogens with zero attached hydrogens (tertiary/aromatic N) is 1. The third kappa shape index (κ3) is 3.48. The summed E-state index contributed by atoms with van der Waals surface area (Å²) >= 11 is 0. The van der Waals surface area contributed by atoms with Crippen molar-refractivity contribution in [1.82, 2.24) is 0 Å². The maximum absolute atomic E-state index is 11.1. The Balaban J connectivity index is 3.04. The molecule has 18 heavy (non-hydrogen) atoms. The molecule has 0 radical (unpaired) electrons. The number of primary amides is 1. The zero-order chi connectivity index (χ0) is 13.7. The van der Waals surface area contributed by atoms with Crippen LogP contribution in [0.25, 0.3) is 0 Å². The molecular formula is C13H18N2O3. The normalized spacial score (nSPS) is 10.1. The van der Waals surface area contributed by atoms with Crippen LogP contribution in [0.1, 0.15) is 29.3 Å². The molecular weight excluding hydrogens is 232 g/mol. The van der Waals surface area contributed by atoms with E-state index in [2.05, 4.69) is 0 Å². The average molecular weight is 250 g/mol. The van der Waals surface area contributed by atoms with E-state index in [1.165, 1.54) is 0 Å². The number of nitrogens with two attached hydrogens (primary N) is 1. The maximum Gasteiger partial charge on any atom is 0.323 e. The summed E-state index contributed by atoms with van der Waals surface area (Å²) in [5, 5.41) is 8.89. The first-order valence-electron chi connectivity index (χ1n) is 5.83. The molecule has 0 aromatic heterocycles. The van der Waals surface area contributed by atoms with E-state index >= 15 is 0 Å². The Kier molecular flexibility index (Phi) is 4.71. The minimum absolute atomic E-state index is 0.0510. The number of benzene rings is 1. The van der Waals surface area contributed by atoms with Crippen LogP contribution in [0.3, 0.4) is 0 Å². The fourth-order valence-electron chi connectivity index (χ4n) is 1.88. The van der Waals surface area contributed by atoms with E-state index in [1.54, 1.807) is 23.1 Å². The number of rotatable bonds is 6. The molecule has 98 valence electrons. The highest BCUT2D eigenvalue weighted by Crippen LogP contribution is 2.21. The topological polar surface area (TPSA) is 83.6 Å². The predicted molar refractivity (Wildman–Crippen MR) is 69.8 cm³/mol. The molecule has 0 aliphatic rings. The molecule has 1 aromatic carbocycles. The number of hydrogen-bond acceptors (Lipinski definition) is 3. The van der Waals surface area contributed by atoms with Crippen LogP contribution in [0, 0.1) is 6.92 Å². The number of carbonyl (C=O) groups excluding carboxylic acids is 1. The molecule has 1 aromatic rings. The first kappa shape index (κ1) is 14.0. The van der Waals surface area contributed by atoms with E-state index in [0.29, 0.717) is 12.1 Å². The van der Waals surface area contributed by atoms with E-state index in [0.717, 1.165) is 17.7 Å². The number of hydrogen-bond donors (Lipinski definition) is 2. The molecule has 0 unspecified atom stereocenters. The molecule has 0 saturated carbocycles. The number of carboxylic acid groups (broad SMARTS) is 1. The summed E-state index contributed by atoms with van der Waals surface area (Å²) in [7, 11) is 0. The number of aryl methyl sites for hydroxylation is 1. The number of aliphatic carboxylic acids is 1. The summed E-state index contributed by atoms with van der Waals surface area (Å²) in [6.07, 6.45) is 0.851. The van der Waals surface area contributed by atoms with Gasteiger partial charge in [-0.15, -0.1) is 0 Å². The second-order valence-electron chi connectivity index (χ2n) is 4.18. The fourth-order valence-corrected chi connectivity index (χ4v) is 1.88. The second kappa shape index (κ2) is 6.05. The van der Waals surface area contributed by atoms with Crippen molar-refractivity contribution >= 4 is 17.6 Å². The van der Waals surface area contributed by atoms with Gasteiger partial charge >= 0.3 is 5.97 Å². The molecule has 3 N–H and O–H groups in total. The molecule has 0 bridgehead atoms. The van der Waals surface area contributed by atoms with Gasteiger partial charge in [0.05, 0.1) is 0 Å². The van der Waals surface area contributed by atoms with Crippen molar-refractivity contribution in [3.8, 4) is 0 Å². The van der Waals surface area contributed by atoms with Crippen LogP contribution < -0.4 is 10.6 Å². The van der Waals surface area contributed by atoms with Gasteiger partial charge in [0.15, 0.2) is 0 Å². The van der Waals surface area contributed by atoms with Gasteiger partial charge in [0.25, 0.3) is 0 Å². The second-order valence-corrected chi connectivity index (χ2v) is 4.18. The number of anilines is 1. The van der Waals surface area contributed by atoms with Gasteiger partial charge in [-0.25, -0.2) is 0 Å². The fraction of sp³-hybridized carbons (Fsp3) is 0.385. The Morgan fingerprint density at radius 1 is 1.39 bits per heavy atom. The molecule has 1 amide bonds. The summed E-state index contributed by atoms with van der Waals surface area (Å²) in [6, 6.07) is 5.05. The minimum atomic E-state index is -0.873. The van der Waals surface area contributed by atoms with Gasteiger partial charge in [0.2, 0.25) is 5.91 Å². The van der Waals surface area contributed by atoms with Gasteiger partial charge in [-0.1, -0.05) is 6.92 Å². The highest BCUT2D eigenvalue weighted by molar-refractivity contribution is 5.93. The van der Waals surface area contributed by atoms with E-state index in [1.807, 2.05) is 13.8 Å². The lowest BCUT2D eigenvalue weighted by atomic mass is 10.1. The highest BCUT2D eigenvalue weighted by atomic mass is 16.4. The quantitative estimate of drug-likeness (QED) is 0.799. The van der Waals surface area contributed by atoms with E-state index < -0.39 is 11.9 Å². The van der Waals surface area contributed by atoms with Crippen molar-refractivity contribution in [2.75, 3.05) is 18.0 Å². The zero-order valence-electron chi connectivity index (χ0n) is 10.6. The molecule has 0 atom stereocenters. The van der Waals surface area contributed by atoms with E-state index in [4.69, 9.17) is 10.8 Å². The Labute approximate surface area is 106 Å². The van der Waals surface area contributed by atoms with Crippen LogP contribution in [0.15, 0.2) is 18.2 Å². The van der Waals surface area contributed by atoms with E-state index in [-0.39, 0.29) is 6.54 Å². The van der Waals surface area contributed by atoms with Crippen molar-refractivity contribution in [2.45, 2.75) is 20.3 Å². The summed E-state index contributed by atoms with van der Waals surface area (Å²) in [5.74, 6) is -1.35. The first-order chi connectivity index (χ1) is 8.45. The monoisotopic (exact) mass is 250 g/mol. The number of carboxylic acids is 1. The van der Waals surface area contributed by atoms with Gasteiger partial charge in [-0.3, -0.25) is 9.59 Å². The molecule has 0 spiro atoms. The van der Waals surface area contributed by atoms with E-state index in [9.17, 15) is 9.59 Å². The first-order valence-corrected chi connectivity index (χ1v) is 5.83. The standard InChI is InChI=1S/C13H18N2O3/c1-3-6-15(8-12(16)17)11-5-4-10(13(14)18)7-9(11)2/h4-5,7H,3,6,8H2,1-2H3,(H2,14,18)(H,16,17). The molecule has 0 aliphatic heterocycles. The van der Waals surface area contributed by atoms with Crippen LogP contribution in [-0.2, 0) is 4.79 Å². The van der Waals surface area contributed by atoms with Crippen molar-refractivity contribution in [2.24, 2.45) is 5.73 Å². The smallest absolute Gasteiger partial charge is 0.323 e. The number of carbonyl (C=O) groups is 2. The van der Waals surface area contributed by atoms with Crippen LogP contribution >= 0.6 is 0 Å². The molecule has 0 saturated heterocycles. The molecule has 0 heterocycles. The maximum atomic E-state index is 11.1. The Hall–Kier alpha value is -2.04. The van der Waals surface area contributed by atoms with Crippen LogP contribution in [-0.4, -0.2) is 30.1 Å². The van der Waals surface area contributed by atoms with Crippen LogP contribution in [0.5, 0.6) is 0 Å². The lowest BCUT2D eigenvalue weighted by Gasteiger charge is -2.24. The Morgan fingerprint density at radius 2 is 2.06 bits per heavy atom. The van der Waals surface area contributed by atoms with Crippen LogP contribution in [0.4, 0.5) is 5.69 Å². The summed E-state index contributed by atoms with van der Waals surface area (Å²) in [6.45, 7) is 4.43.